The minimum atomic E-state index is -2.08. The zero-order valence-electron chi connectivity index (χ0n) is 24.1. The molecule has 2 aliphatic rings. The molecule has 1 fully saturated rings. The summed E-state index contributed by atoms with van der Waals surface area (Å²) in [4.78, 5) is 28.1. The zero-order chi connectivity index (χ0) is 28.9. The first-order chi connectivity index (χ1) is 18.1. The second kappa shape index (κ2) is 10.8. The van der Waals surface area contributed by atoms with Gasteiger partial charge in [-0.25, -0.2) is 0 Å². The van der Waals surface area contributed by atoms with Crippen LogP contribution in [-0.2, 0) is 26.9 Å². The second-order valence-electron chi connectivity index (χ2n) is 12.8. The van der Waals surface area contributed by atoms with Gasteiger partial charge < -0.3 is 14.4 Å². The van der Waals surface area contributed by atoms with E-state index in [1.165, 1.54) is 5.56 Å². The third-order valence-corrected chi connectivity index (χ3v) is 14.8. The van der Waals surface area contributed by atoms with Crippen molar-refractivity contribution in [3.8, 4) is 0 Å². The van der Waals surface area contributed by atoms with Crippen LogP contribution in [0.15, 0.2) is 36.4 Å². The number of carboxylic acid groups (broad SMARTS) is 1. The van der Waals surface area contributed by atoms with Crippen LogP contribution < -0.4 is 0 Å². The zero-order valence-corrected chi connectivity index (χ0v) is 26.6. The number of carbonyl (C=O) groups excluding carboxylic acids is 1. The lowest BCUT2D eigenvalue weighted by molar-refractivity contribution is -0.143. The smallest absolute Gasteiger partial charge is 0.310 e. The molecule has 1 heterocycles. The fourth-order valence-corrected chi connectivity index (χ4v) is 7.46. The van der Waals surface area contributed by atoms with Crippen molar-refractivity contribution in [2.75, 3.05) is 6.61 Å². The molecule has 2 aromatic carbocycles. The highest BCUT2D eigenvalue weighted by Gasteiger charge is 2.60. The SMILES string of the molecule is CCC1(C(=O)O)CC1c1cccc2c1C[C@H](CO[Si](C)(C)C(C)(C)C)N(C(=O)Cc1c(Cl)cccc1Cl)[C@H]2C. The third kappa shape index (κ3) is 5.55. The van der Waals surface area contributed by atoms with Gasteiger partial charge in [0.1, 0.15) is 0 Å². The Hall–Kier alpha value is -1.86. The van der Waals surface area contributed by atoms with Gasteiger partial charge in [-0.05, 0) is 78.7 Å². The van der Waals surface area contributed by atoms with E-state index in [1.54, 1.807) is 18.2 Å². The molecule has 0 spiro atoms. The maximum Gasteiger partial charge on any atom is 0.310 e. The van der Waals surface area contributed by atoms with E-state index < -0.39 is 19.7 Å². The van der Waals surface area contributed by atoms with E-state index in [9.17, 15) is 14.7 Å². The molecule has 0 aromatic heterocycles. The van der Waals surface area contributed by atoms with Crippen LogP contribution in [0.5, 0.6) is 0 Å². The van der Waals surface area contributed by atoms with Gasteiger partial charge in [0, 0.05) is 16.0 Å². The third-order valence-electron chi connectivity index (χ3n) is 9.58. The molecular weight excluding hydrogens is 549 g/mol. The first kappa shape index (κ1) is 30.1. The van der Waals surface area contributed by atoms with Gasteiger partial charge in [0.2, 0.25) is 5.91 Å². The summed E-state index contributed by atoms with van der Waals surface area (Å²) < 4.78 is 6.69. The lowest BCUT2D eigenvalue weighted by Gasteiger charge is -2.45. The number of hydrogen-bond acceptors (Lipinski definition) is 3. The predicted octanol–water partition coefficient (Wildman–Crippen LogP) is 8.04. The first-order valence-electron chi connectivity index (χ1n) is 13.9. The number of amides is 1. The summed E-state index contributed by atoms with van der Waals surface area (Å²) in [5.74, 6) is -0.770. The molecule has 212 valence electrons. The van der Waals surface area contributed by atoms with Gasteiger partial charge >= 0.3 is 5.97 Å². The highest BCUT2D eigenvalue weighted by atomic mass is 35.5. The van der Waals surface area contributed by atoms with Crippen molar-refractivity contribution in [3.05, 3.63) is 68.7 Å². The Balaban J connectivity index is 1.72. The van der Waals surface area contributed by atoms with Crippen molar-refractivity contribution < 1.29 is 19.1 Å². The number of carboxylic acids is 1. The van der Waals surface area contributed by atoms with E-state index in [0.717, 1.165) is 11.1 Å². The molecule has 8 heteroatoms. The number of halogens is 2. The van der Waals surface area contributed by atoms with E-state index in [4.69, 9.17) is 27.6 Å². The molecular formula is C31H41Cl2NO4Si. The van der Waals surface area contributed by atoms with Crippen LogP contribution in [0.25, 0.3) is 0 Å². The second-order valence-corrected chi connectivity index (χ2v) is 18.4. The first-order valence-corrected chi connectivity index (χ1v) is 17.5. The average molecular weight is 591 g/mol. The number of hydrogen-bond donors (Lipinski definition) is 1. The highest BCUT2D eigenvalue weighted by molar-refractivity contribution is 6.74. The minimum absolute atomic E-state index is 0.00621. The Kier molecular flexibility index (Phi) is 8.37. The van der Waals surface area contributed by atoms with Crippen molar-refractivity contribution >= 4 is 43.4 Å². The Morgan fingerprint density at radius 3 is 2.23 bits per heavy atom. The predicted molar refractivity (Wildman–Crippen MR) is 160 cm³/mol. The Morgan fingerprint density at radius 1 is 1.10 bits per heavy atom. The van der Waals surface area contributed by atoms with Crippen molar-refractivity contribution in [2.24, 2.45) is 5.41 Å². The topological polar surface area (TPSA) is 66.8 Å². The highest BCUT2D eigenvalue weighted by Crippen LogP contribution is 2.63. The van der Waals surface area contributed by atoms with Gasteiger partial charge in [-0.2, -0.15) is 0 Å². The summed E-state index contributed by atoms with van der Waals surface area (Å²) in [6.07, 6.45) is 1.99. The number of aliphatic carboxylic acids is 1. The van der Waals surface area contributed by atoms with Crippen LogP contribution in [0.4, 0.5) is 0 Å². The van der Waals surface area contributed by atoms with Crippen LogP contribution in [0, 0.1) is 5.41 Å². The van der Waals surface area contributed by atoms with Crippen molar-refractivity contribution in [1.82, 2.24) is 4.90 Å². The molecule has 1 N–H and O–H groups in total. The molecule has 4 atom stereocenters. The van der Waals surface area contributed by atoms with Crippen LogP contribution in [0.1, 0.15) is 81.7 Å². The number of fused-ring (bicyclic) bond motifs is 1. The molecule has 5 nitrogen and oxygen atoms in total. The Labute approximate surface area is 244 Å². The maximum atomic E-state index is 14.0. The molecule has 1 amide bonds. The van der Waals surface area contributed by atoms with Crippen LogP contribution in [0.2, 0.25) is 28.2 Å². The van der Waals surface area contributed by atoms with E-state index in [2.05, 4.69) is 52.9 Å². The normalized spacial score (nSPS) is 24.8. The van der Waals surface area contributed by atoms with Crippen molar-refractivity contribution in [2.45, 2.75) is 96.4 Å². The fourth-order valence-electron chi connectivity index (χ4n) is 5.89. The van der Waals surface area contributed by atoms with Gasteiger partial charge in [-0.15, -0.1) is 0 Å². The lowest BCUT2D eigenvalue weighted by atomic mass is 9.82. The van der Waals surface area contributed by atoms with E-state index in [-0.39, 0.29) is 35.4 Å². The van der Waals surface area contributed by atoms with E-state index in [0.29, 0.717) is 41.5 Å². The van der Waals surface area contributed by atoms with E-state index >= 15 is 0 Å². The van der Waals surface area contributed by atoms with E-state index in [1.807, 2.05) is 17.9 Å². The van der Waals surface area contributed by atoms with Crippen molar-refractivity contribution in [1.29, 1.82) is 0 Å². The summed E-state index contributed by atoms with van der Waals surface area (Å²) in [7, 11) is -2.08. The largest absolute Gasteiger partial charge is 0.481 e. The molecule has 1 aliphatic heterocycles. The Bertz CT molecular complexity index is 1250. The molecule has 39 heavy (non-hydrogen) atoms. The Morgan fingerprint density at radius 2 is 1.69 bits per heavy atom. The van der Waals surface area contributed by atoms with Crippen LogP contribution in [0.3, 0.4) is 0 Å². The molecule has 2 aromatic rings. The lowest BCUT2D eigenvalue weighted by Crippen LogP contribution is -2.52. The monoisotopic (exact) mass is 589 g/mol. The van der Waals surface area contributed by atoms with Gasteiger partial charge in [0.05, 0.1) is 30.5 Å². The molecule has 1 saturated carbocycles. The van der Waals surface area contributed by atoms with Gasteiger partial charge in [0.15, 0.2) is 8.32 Å². The molecule has 1 aliphatic carbocycles. The van der Waals surface area contributed by atoms with Crippen LogP contribution in [-0.4, -0.2) is 42.8 Å². The fraction of sp³-hybridized carbons (Fsp3) is 0.548. The summed E-state index contributed by atoms with van der Waals surface area (Å²) in [5.41, 5.74) is 3.31. The molecule has 0 bridgehead atoms. The summed E-state index contributed by atoms with van der Waals surface area (Å²) in [6, 6.07) is 11.1. The molecule has 4 rings (SSSR count). The molecule has 2 unspecified atom stereocenters. The summed E-state index contributed by atoms with van der Waals surface area (Å²) in [5, 5.41) is 11.0. The minimum Gasteiger partial charge on any atom is -0.481 e. The molecule has 0 saturated heterocycles. The van der Waals surface area contributed by atoms with Crippen LogP contribution >= 0.6 is 23.2 Å². The maximum absolute atomic E-state index is 14.0. The summed E-state index contributed by atoms with van der Waals surface area (Å²) >= 11 is 12.9. The number of carbonyl (C=O) groups is 2. The number of nitrogens with zero attached hydrogens (tertiary/aromatic N) is 1. The number of benzene rings is 2. The van der Waals surface area contributed by atoms with Gasteiger partial charge in [0.25, 0.3) is 0 Å². The standard InChI is InChI=1S/C31H41Cl2NO4Si/c1-8-31(29(36)37)17-25(31)22-12-9-11-21-19(2)34(28(35)16-24-26(32)13-10-14-27(24)33)20(15-23(21)22)18-38-39(6,7)30(3,4)5/h9-14,19-20,25H,8,15-18H2,1-7H3,(H,36,37)/t19-,20+,25?,31?/m0/s1. The quantitative estimate of drug-likeness (QED) is 0.316. The molecule has 0 radical (unpaired) electrons. The van der Waals surface area contributed by atoms with Gasteiger partial charge in [-0.1, -0.05) is 75.2 Å². The van der Waals surface area contributed by atoms with Crippen molar-refractivity contribution in [3.63, 3.8) is 0 Å². The van der Waals surface area contributed by atoms with Gasteiger partial charge in [-0.3, -0.25) is 9.59 Å². The average Bonchev–Trinajstić information content (AvgIpc) is 3.60. The number of rotatable bonds is 8. The summed E-state index contributed by atoms with van der Waals surface area (Å²) in [6.45, 7) is 15.5.